The molecular formula is C18H17N5O. The van der Waals surface area contributed by atoms with Gasteiger partial charge in [-0.3, -0.25) is 4.79 Å². The summed E-state index contributed by atoms with van der Waals surface area (Å²) in [5, 5.41) is 2.83. The fraction of sp³-hybridized carbons (Fsp3) is 0.0556. The highest BCUT2D eigenvalue weighted by molar-refractivity contribution is 6.05. The molecule has 6 nitrogen and oxygen atoms in total. The first-order valence-electron chi connectivity index (χ1n) is 7.40. The van der Waals surface area contributed by atoms with Crippen LogP contribution in [0.25, 0.3) is 11.3 Å². The quantitative estimate of drug-likeness (QED) is 0.643. The van der Waals surface area contributed by atoms with E-state index in [1.165, 1.54) is 0 Å². The SMILES string of the molecule is Cc1cc(-c2cccc(C(=O)Nc3ccc(N)cc3)c2)nc(N)n1. The molecule has 3 rings (SSSR count). The fourth-order valence-corrected chi connectivity index (χ4v) is 2.33. The van der Waals surface area contributed by atoms with Crippen LogP contribution in [0, 0.1) is 6.92 Å². The van der Waals surface area contributed by atoms with E-state index >= 15 is 0 Å². The Hall–Kier alpha value is -3.41. The highest BCUT2D eigenvalue weighted by Gasteiger charge is 2.09. The minimum Gasteiger partial charge on any atom is -0.399 e. The number of hydrogen-bond acceptors (Lipinski definition) is 5. The van der Waals surface area contributed by atoms with Crippen molar-refractivity contribution < 1.29 is 4.79 Å². The first-order chi connectivity index (χ1) is 11.5. The van der Waals surface area contributed by atoms with Gasteiger partial charge in [0.1, 0.15) is 0 Å². The van der Waals surface area contributed by atoms with Gasteiger partial charge in [-0.15, -0.1) is 0 Å². The number of nitrogen functional groups attached to an aromatic ring is 2. The number of hydrogen-bond donors (Lipinski definition) is 3. The van der Waals surface area contributed by atoms with Crippen LogP contribution in [0.1, 0.15) is 16.1 Å². The van der Waals surface area contributed by atoms with E-state index in [-0.39, 0.29) is 11.9 Å². The van der Waals surface area contributed by atoms with Gasteiger partial charge in [-0.2, -0.15) is 0 Å². The van der Waals surface area contributed by atoms with Crippen LogP contribution in [-0.4, -0.2) is 15.9 Å². The van der Waals surface area contributed by atoms with E-state index in [4.69, 9.17) is 11.5 Å². The summed E-state index contributed by atoms with van der Waals surface area (Å²) < 4.78 is 0. The van der Waals surface area contributed by atoms with E-state index < -0.39 is 0 Å². The van der Waals surface area contributed by atoms with Gasteiger partial charge >= 0.3 is 0 Å². The van der Waals surface area contributed by atoms with E-state index in [1.54, 1.807) is 42.5 Å². The number of benzene rings is 2. The zero-order chi connectivity index (χ0) is 17.1. The summed E-state index contributed by atoms with van der Waals surface area (Å²) in [5.74, 6) is 0.00194. The molecule has 120 valence electrons. The molecule has 0 bridgehead atoms. The van der Waals surface area contributed by atoms with Crippen LogP contribution in [0.3, 0.4) is 0 Å². The molecule has 0 spiro atoms. The van der Waals surface area contributed by atoms with Crippen LogP contribution in [-0.2, 0) is 0 Å². The highest BCUT2D eigenvalue weighted by atomic mass is 16.1. The largest absolute Gasteiger partial charge is 0.399 e. The Morgan fingerprint density at radius 1 is 1.00 bits per heavy atom. The minimum absolute atomic E-state index is 0.208. The van der Waals surface area contributed by atoms with Gasteiger partial charge in [-0.05, 0) is 49.4 Å². The van der Waals surface area contributed by atoms with Crippen molar-refractivity contribution in [2.75, 3.05) is 16.8 Å². The number of aromatic nitrogens is 2. The predicted octanol–water partition coefficient (Wildman–Crippen LogP) is 2.87. The van der Waals surface area contributed by atoms with Gasteiger partial charge in [0.05, 0.1) is 5.69 Å². The molecule has 1 aromatic heterocycles. The lowest BCUT2D eigenvalue weighted by Crippen LogP contribution is -2.12. The molecule has 0 saturated heterocycles. The monoisotopic (exact) mass is 319 g/mol. The second-order valence-electron chi connectivity index (χ2n) is 5.41. The maximum Gasteiger partial charge on any atom is 0.255 e. The molecule has 6 heteroatoms. The van der Waals surface area contributed by atoms with Crippen LogP contribution in [0.4, 0.5) is 17.3 Å². The molecule has 5 N–H and O–H groups in total. The molecule has 1 amide bonds. The Morgan fingerprint density at radius 2 is 1.75 bits per heavy atom. The van der Waals surface area contributed by atoms with Gasteiger partial charge in [0, 0.05) is 28.2 Å². The Balaban J connectivity index is 1.86. The summed E-state index contributed by atoms with van der Waals surface area (Å²) >= 11 is 0. The average molecular weight is 319 g/mol. The molecule has 0 aliphatic heterocycles. The van der Waals surface area contributed by atoms with Gasteiger partial charge in [0.15, 0.2) is 0 Å². The molecule has 0 aliphatic carbocycles. The van der Waals surface area contributed by atoms with Gasteiger partial charge in [-0.25, -0.2) is 9.97 Å². The highest BCUT2D eigenvalue weighted by Crippen LogP contribution is 2.20. The second kappa shape index (κ2) is 6.37. The van der Waals surface area contributed by atoms with Crippen molar-refractivity contribution >= 4 is 23.2 Å². The molecule has 1 heterocycles. The molecule has 0 fully saturated rings. The minimum atomic E-state index is -0.208. The lowest BCUT2D eigenvalue weighted by molar-refractivity contribution is 0.102. The number of carbonyl (C=O) groups excluding carboxylic acids is 1. The molecule has 0 unspecified atom stereocenters. The van der Waals surface area contributed by atoms with E-state index in [9.17, 15) is 4.79 Å². The standard InChI is InChI=1S/C18H17N5O/c1-11-9-16(23-18(20)21-11)12-3-2-4-13(10-12)17(24)22-15-7-5-14(19)6-8-15/h2-10H,19H2,1H3,(H,22,24)(H2,20,21,23). The van der Waals surface area contributed by atoms with Gasteiger partial charge in [0.25, 0.3) is 5.91 Å². The number of rotatable bonds is 3. The average Bonchev–Trinajstić information content (AvgIpc) is 2.56. The Labute approximate surface area is 139 Å². The normalized spacial score (nSPS) is 10.4. The number of aryl methyl sites for hydroxylation is 1. The van der Waals surface area contributed by atoms with E-state index in [0.29, 0.717) is 22.6 Å². The summed E-state index contributed by atoms with van der Waals surface area (Å²) in [7, 11) is 0. The van der Waals surface area contributed by atoms with Crippen LogP contribution in [0.2, 0.25) is 0 Å². The molecule has 24 heavy (non-hydrogen) atoms. The van der Waals surface area contributed by atoms with Crippen LogP contribution < -0.4 is 16.8 Å². The van der Waals surface area contributed by atoms with Crippen LogP contribution in [0.5, 0.6) is 0 Å². The zero-order valence-electron chi connectivity index (χ0n) is 13.2. The molecule has 0 radical (unpaired) electrons. The van der Waals surface area contributed by atoms with Crippen molar-refractivity contribution in [3.8, 4) is 11.3 Å². The number of carbonyl (C=O) groups is 1. The summed E-state index contributed by atoms with van der Waals surface area (Å²) in [5.41, 5.74) is 15.5. The lowest BCUT2D eigenvalue weighted by Gasteiger charge is -2.08. The van der Waals surface area contributed by atoms with Crippen molar-refractivity contribution in [3.05, 3.63) is 65.9 Å². The summed E-state index contributed by atoms with van der Waals surface area (Å²) in [4.78, 5) is 20.7. The van der Waals surface area contributed by atoms with Crippen molar-refractivity contribution in [2.24, 2.45) is 0 Å². The molecular weight excluding hydrogens is 302 g/mol. The number of nitrogens with two attached hydrogens (primary N) is 2. The molecule has 0 aliphatic rings. The predicted molar refractivity (Wildman–Crippen MR) is 95.4 cm³/mol. The number of anilines is 3. The van der Waals surface area contributed by atoms with Crippen molar-refractivity contribution in [1.82, 2.24) is 9.97 Å². The summed E-state index contributed by atoms with van der Waals surface area (Å²) in [6.45, 7) is 1.85. The third-order valence-electron chi connectivity index (χ3n) is 3.46. The first-order valence-corrected chi connectivity index (χ1v) is 7.40. The van der Waals surface area contributed by atoms with Crippen molar-refractivity contribution in [2.45, 2.75) is 6.92 Å². The fourth-order valence-electron chi connectivity index (χ4n) is 2.33. The Bertz CT molecular complexity index is 870. The smallest absolute Gasteiger partial charge is 0.255 e. The van der Waals surface area contributed by atoms with Crippen molar-refractivity contribution in [3.63, 3.8) is 0 Å². The van der Waals surface area contributed by atoms with Gasteiger partial charge in [0.2, 0.25) is 5.95 Å². The van der Waals surface area contributed by atoms with Crippen LogP contribution >= 0.6 is 0 Å². The number of nitrogens with one attached hydrogen (secondary N) is 1. The molecule has 3 aromatic rings. The second-order valence-corrected chi connectivity index (χ2v) is 5.41. The van der Waals surface area contributed by atoms with Gasteiger partial charge in [-0.1, -0.05) is 12.1 Å². The summed E-state index contributed by atoms with van der Waals surface area (Å²) in [6.07, 6.45) is 0. The molecule has 0 atom stereocenters. The number of amides is 1. The van der Waals surface area contributed by atoms with Crippen molar-refractivity contribution in [1.29, 1.82) is 0 Å². The van der Waals surface area contributed by atoms with Gasteiger partial charge < -0.3 is 16.8 Å². The third-order valence-corrected chi connectivity index (χ3v) is 3.46. The number of nitrogens with zero attached hydrogens (tertiary/aromatic N) is 2. The third kappa shape index (κ3) is 3.49. The summed E-state index contributed by atoms with van der Waals surface area (Å²) in [6, 6.07) is 16.0. The maximum atomic E-state index is 12.4. The van der Waals surface area contributed by atoms with E-state index in [1.807, 2.05) is 19.1 Å². The molecule has 0 saturated carbocycles. The Kier molecular flexibility index (Phi) is 4.11. The van der Waals surface area contributed by atoms with E-state index in [2.05, 4.69) is 15.3 Å². The first kappa shape index (κ1) is 15.5. The van der Waals surface area contributed by atoms with E-state index in [0.717, 1.165) is 11.3 Å². The maximum absolute atomic E-state index is 12.4. The lowest BCUT2D eigenvalue weighted by atomic mass is 10.1. The topological polar surface area (TPSA) is 107 Å². The zero-order valence-corrected chi connectivity index (χ0v) is 13.2. The molecule has 2 aromatic carbocycles. The van der Waals surface area contributed by atoms with Crippen LogP contribution in [0.15, 0.2) is 54.6 Å². The Morgan fingerprint density at radius 3 is 2.46 bits per heavy atom.